The number of hydrogen-bond donors (Lipinski definition) is 3. The number of ketones is 4. The standard InChI is InChI=1S/C19H16N2P.C16H16FN4O2.C16H17FN2O2.C15H15FN2O3.C14H15BrN2O2.C8H9ClO.C6H7BrN2O.3C4H9.C2H2F.Sn/c1-20-21-22(17-11-5-2-6-12-17,18-13-7-3-8-14-18)19-15-9-4-10-16-19;1-10(17)15-11(2)20-21(16(15)14(22)8-19-18)9-12-4-6-13(23-3)7-5-12;1-10(17)15-11(2)18-19(16(15)12(3)20)9-13-5-7-14(21-4)8-6-13;1-9(16)13-10(2)17-18(14(13)15(19)20)8-11-4-6-12(21-3)7-5-11;1-9-13(15)14(10(2)18)17(16-9)8-11-4-6-12(19-3)7-5-11;1-10-8-4-2-7(6-9)3-5-8;1-3-5(7)6(4(2)10)9-8-3;3*1-3-4-2;1-2-3;/h1-16H;4-8,18H,1,9H2,2-3H3;5-8H,1,9H2,2-4H3;4-7H,1,8H2,2-3H3,(H,19,20);4-7H,8H2,1-3H3;2-5H,6H2,1H3;1-2H3,(H,8,9);3*1,3-4H2,2H3;1H2;/q2*+1;;;;;;;;;;. The first-order valence-electron chi connectivity index (χ1n) is 45.3. The number of methoxy groups -OCH3 is 5. The van der Waals surface area contributed by atoms with Crippen LogP contribution in [-0.2, 0) is 32.1 Å². The Labute approximate surface area is 854 Å². The largest absolute Gasteiger partial charge is 0.497 e. The van der Waals surface area contributed by atoms with Crippen LogP contribution in [0, 0.1) is 46.7 Å². The van der Waals surface area contributed by atoms with Gasteiger partial charge in [0.25, 0.3) is 5.78 Å². The number of aromatic amines is 1. The zero-order valence-electron chi connectivity index (χ0n) is 83.1. The van der Waals surface area contributed by atoms with Gasteiger partial charge >= 0.3 is 125 Å². The Morgan fingerprint density at radius 3 is 1.01 bits per heavy atom. The topological polar surface area (TPSA) is 306 Å². The monoisotopic (exact) mass is 2210 g/mol. The Kier molecular flexibility index (Phi) is 49.2. The number of rotatable bonds is 36. The first-order valence-corrected chi connectivity index (χ1v) is 56.7. The summed E-state index contributed by atoms with van der Waals surface area (Å²) in [7, 11) is 5.79. The number of nitrogens with zero attached hydrogens (tertiary/aromatic N) is 12. The van der Waals surface area contributed by atoms with Gasteiger partial charge in [0.2, 0.25) is 0 Å². The number of Topliss-reactive ketones (excluding diaryl/α,β-unsaturated/α-hetero) is 4. The second kappa shape index (κ2) is 59.5. The van der Waals surface area contributed by atoms with Crippen molar-refractivity contribution in [2.75, 3.05) is 35.5 Å². The molecule has 25 nitrogen and oxygen atoms in total. The van der Waals surface area contributed by atoms with Gasteiger partial charge in [0, 0.05) is 48.3 Å². The zero-order valence-corrected chi connectivity index (χ0v) is 90.8. The van der Waals surface area contributed by atoms with Crippen molar-refractivity contribution in [1.29, 1.82) is 5.53 Å². The molecule has 3 N–H and O–H groups in total. The van der Waals surface area contributed by atoms with Gasteiger partial charge in [0.15, 0.2) is 23.0 Å². The summed E-state index contributed by atoms with van der Waals surface area (Å²) in [5, 5.41) is 36.1. The van der Waals surface area contributed by atoms with E-state index in [0.717, 1.165) is 87.5 Å². The van der Waals surface area contributed by atoms with Crippen LogP contribution in [0.5, 0.6) is 28.7 Å². The summed E-state index contributed by atoms with van der Waals surface area (Å²) in [6.45, 7) is 40.0. The van der Waals surface area contributed by atoms with Gasteiger partial charge in [-0.05, 0) is 155 Å². The van der Waals surface area contributed by atoms with Crippen molar-refractivity contribution in [1.82, 2.24) is 49.3 Å². The smallest absolute Gasteiger partial charge is 0.181 e. The number of carbonyl (C=O) groups excluding carboxylic acids is 4. The van der Waals surface area contributed by atoms with Gasteiger partial charge in [-0.2, -0.15) is 25.5 Å². The number of carbonyl (C=O) groups is 5. The van der Waals surface area contributed by atoms with Gasteiger partial charge in [0.1, 0.15) is 85.9 Å². The number of nitrogens with one attached hydrogen (secondary N) is 2. The van der Waals surface area contributed by atoms with Crippen LogP contribution in [0.15, 0.2) is 256 Å². The first kappa shape index (κ1) is 117. The Hall–Kier alpha value is -13.2. The predicted molar refractivity (Wildman–Crippen MR) is 569 cm³/mol. The van der Waals surface area contributed by atoms with E-state index in [4.69, 9.17) is 47.4 Å². The number of aromatic nitrogens is 10. The van der Waals surface area contributed by atoms with Crippen LogP contribution in [0.25, 0.3) is 22.4 Å². The van der Waals surface area contributed by atoms with Crippen molar-refractivity contribution in [2.45, 2.75) is 160 Å². The molecule has 0 bridgehead atoms. The molecule has 0 saturated heterocycles. The third-order valence-corrected chi connectivity index (χ3v) is 42.4. The molecule has 13 rings (SSSR count). The maximum atomic E-state index is 13.9. The molecule has 0 aliphatic carbocycles. The second-order valence-corrected chi connectivity index (χ2v) is 50.3. The van der Waals surface area contributed by atoms with E-state index in [9.17, 15) is 46.6 Å². The van der Waals surface area contributed by atoms with Crippen LogP contribution in [-0.4, -0.2) is 148 Å². The van der Waals surface area contributed by atoms with Crippen LogP contribution >= 0.6 is 50.5 Å². The molecular formula is C108H124Br2ClF4N14O11PSn+2. The van der Waals surface area contributed by atoms with E-state index in [2.05, 4.69) is 161 Å². The number of benzene rings is 8. The fraction of sp³-hybridized carbons (Fsp3) is 0.278. The molecule has 0 spiro atoms. The third-order valence-electron chi connectivity index (χ3n) is 22.2. The minimum atomic E-state index is -2.61. The molecule has 0 radical (unpaired) electrons. The van der Waals surface area contributed by atoms with E-state index in [-0.39, 0.29) is 68.1 Å². The molecule has 0 aliphatic heterocycles. The summed E-state index contributed by atoms with van der Waals surface area (Å²) < 4.78 is 91.1. The Morgan fingerprint density at radius 1 is 0.465 bits per heavy atom. The molecule has 748 valence electrons. The fourth-order valence-electron chi connectivity index (χ4n) is 14.9. The van der Waals surface area contributed by atoms with Gasteiger partial charge in [0.05, 0.1) is 120 Å². The van der Waals surface area contributed by atoms with E-state index in [1.54, 1.807) is 104 Å². The van der Waals surface area contributed by atoms with Crippen LogP contribution in [0.4, 0.5) is 17.6 Å². The molecule has 0 saturated carbocycles. The average molecular weight is 2220 g/mol. The Bertz CT molecular complexity index is 6280. The number of H-pyrrole nitrogens is 1. The number of carboxylic acid groups (broad SMARTS) is 1. The predicted octanol–water partition coefficient (Wildman–Crippen LogP) is 26.2. The molecule has 13 aromatic rings. The molecule has 34 heteroatoms. The third kappa shape index (κ3) is 33.8. The van der Waals surface area contributed by atoms with Gasteiger partial charge in [-0.25, -0.2) is 18.0 Å². The van der Waals surface area contributed by atoms with Crippen LogP contribution in [0.3, 0.4) is 0 Å². The van der Waals surface area contributed by atoms with Gasteiger partial charge < -0.3 is 28.8 Å². The number of alkyl halides is 1. The SMILES string of the molecule is C#[N+]N=P(c1ccccc1)(c1ccccc1)c1ccccc1.C=C(F)c1c(C)nn(Cc2ccc(OC)cc2)c1C(=O)C=[N+]=N.C=C(F)c1c(C)nn(Cc2ccc(OC)cc2)c1C(=O)O.C=C(F)c1c(C)nn(Cc2ccc(OC)cc2)c1C(C)=O.C=[C](F)[Sn]([CH2]CCC)([CH2]CCC)[CH2]CCC.CC(=O)c1n[nH]c(C)c1Br.COc1ccc(CCl)cc1.COc1ccc(Cn2nc(C)c(Br)c2C(C)=O)cc1. The van der Waals surface area contributed by atoms with E-state index < -0.39 is 54.7 Å². The van der Waals surface area contributed by atoms with Gasteiger partial charge in [-0.3, -0.25) is 43.0 Å². The minimum absolute atomic E-state index is 0.000914. The fourth-order valence-corrected chi connectivity index (χ4v) is 32.6. The number of hydrogen-bond acceptors (Lipinski definition) is 17. The number of halogens is 7. The van der Waals surface area contributed by atoms with Crippen LogP contribution < -0.4 is 39.6 Å². The normalized spacial score (nSPS) is 10.5. The molecule has 0 unspecified atom stereocenters. The maximum absolute atomic E-state index is 13.9. The van der Waals surface area contributed by atoms with E-state index in [1.165, 1.54) is 79.7 Å². The van der Waals surface area contributed by atoms with Gasteiger partial charge in [-0.1, -0.05) is 171 Å². The van der Waals surface area contributed by atoms with Crippen LogP contribution in [0.2, 0.25) is 13.3 Å². The van der Waals surface area contributed by atoms with E-state index >= 15 is 0 Å². The Balaban J connectivity index is 0.000000252. The first-order chi connectivity index (χ1) is 67.9. The molecule has 142 heavy (non-hydrogen) atoms. The van der Waals surface area contributed by atoms with Crippen LogP contribution in [0.1, 0.15) is 205 Å². The summed E-state index contributed by atoms with van der Waals surface area (Å²) in [5.41, 5.74) is 15.7. The van der Waals surface area contributed by atoms with Crippen molar-refractivity contribution in [2.24, 2.45) is 4.85 Å². The van der Waals surface area contributed by atoms with E-state index in [1.807, 2.05) is 153 Å². The summed E-state index contributed by atoms with van der Waals surface area (Å²) >= 11 is 9.62. The van der Waals surface area contributed by atoms with Gasteiger partial charge in [-0.15, -0.1) is 11.6 Å². The summed E-state index contributed by atoms with van der Waals surface area (Å²) in [6.07, 6.45) is 8.05. The molecule has 0 fully saturated rings. The summed E-state index contributed by atoms with van der Waals surface area (Å²) in [4.78, 5) is 69.0. The molecule has 0 atom stereocenters. The zero-order chi connectivity index (χ0) is 105. The van der Waals surface area contributed by atoms with Crippen molar-refractivity contribution < 1.29 is 75.1 Å². The number of unbranched alkanes of at least 4 members (excludes halogenated alkanes) is 3. The number of aryl methyl sites for hydroxylation is 5. The number of carboxylic acids is 1. The second-order valence-electron chi connectivity index (χ2n) is 32.3. The molecule has 8 aromatic carbocycles. The van der Waals surface area contributed by atoms with Crippen molar-refractivity contribution >= 4 is 138 Å². The molecule has 5 heterocycles. The Morgan fingerprint density at radius 2 is 0.761 bits per heavy atom. The summed E-state index contributed by atoms with van der Waals surface area (Å²) in [5.74, 6) is 0.116. The van der Waals surface area contributed by atoms with Crippen molar-refractivity contribution in [3.63, 3.8) is 0 Å². The minimum Gasteiger partial charge on any atom is -0.497 e. The van der Waals surface area contributed by atoms with E-state index in [0.29, 0.717) is 58.9 Å². The maximum Gasteiger partial charge on any atom is 0.181 e. The summed E-state index contributed by atoms with van der Waals surface area (Å²) in [6, 6.07) is 68.0. The van der Waals surface area contributed by atoms with Crippen molar-refractivity contribution in [3.8, 4) is 35.3 Å². The quantitative estimate of drug-likeness (QED) is 0.00378. The van der Waals surface area contributed by atoms with Crippen molar-refractivity contribution in [3.05, 3.63) is 358 Å². The molecular weight excluding hydrogens is 2090 g/mol. The molecule has 0 aliphatic rings. The molecule has 0 amide bonds. The molecule has 5 aromatic heterocycles. The average Bonchev–Trinajstić information content (AvgIpc) is 1.06. The number of ether oxygens (including phenoxy) is 5. The number of aromatic carboxylic acids is 1.